The summed E-state index contributed by atoms with van der Waals surface area (Å²) in [6.45, 7) is 11.9. The van der Waals surface area contributed by atoms with Crippen molar-refractivity contribution < 1.29 is 14.7 Å². The molecule has 0 aliphatic carbocycles. The van der Waals surface area contributed by atoms with E-state index in [0.29, 0.717) is 18.6 Å². The Kier molecular flexibility index (Phi) is 4.74. The molecule has 0 bridgehead atoms. The average Bonchev–Trinajstić information content (AvgIpc) is 2.39. The van der Waals surface area contributed by atoms with Gasteiger partial charge in [-0.25, -0.2) is 4.79 Å². The molecule has 1 fully saturated rings. The van der Waals surface area contributed by atoms with E-state index >= 15 is 0 Å². The van der Waals surface area contributed by atoms with Crippen LogP contribution >= 0.6 is 0 Å². The number of hydroxylamine groups is 2. The lowest BCUT2D eigenvalue weighted by atomic mass is 9.79. The van der Waals surface area contributed by atoms with E-state index in [-0.39, 0.29) is 6.04 Å². The second-order valence-electron chi connectivity index (χ2n) is 7.82. The van der Waals surface area contributed by atoms with Crippen molar-refractivity contribution in [3.8, 4) is 5.75 Å². The van der Waals surface area contributed by atoms with E-state index in [4.69, 9.17) is 4.74 Å². The molecule has 5 nitrogen and oxygen atoms in total. The number of nitrogens with zero attached hydrogens (tertiary/aromatic N) is 1. The molecule has 0 atom stereocenters. The summed E-state index contributed by atoms with van der Waals surface area (Å²) in [5.41, 5.74) is 1.45. The van der Waals surface area contributed by atoms with Gasteiger partial charge in [0, 0.05) is 17.1 Å². The van der Waals surface area contributed by atoms with Gasteiger partial charge in [0.1, 0.15) is 5.75 Å². The summed E-state index contributed by atoms with van der Waals surface area (Å²) in [6, 6.07) is 5.56. The lowest BCUT2D eigenvalue weighted by Crippen LogP contribution is -2.63. The second kappa shape index (κ2) is 6.13. The third kappa shape index (κ3) is 4.03. The smallest absolute Gasteiger partial charge is 0.410 e. The molecule has 2 N–H and O–H groups in total. The molecule has 2 rings (SSSR count). The van der Waals surface area contributed by atoms with Crippen LogP contribution in [0.5, 0.6) is 5.75 Å². The van der Waals surface area contributed by atoms with Gasteiger partial charge in [-0.05, 0) is 77.6 Å². The first-order chi connectivity index (χ1) is 10.5. The predicted octanol–water partition coefficient (Wildman–Crippen LogP) is 3.80. The summed E-state index contributed by atoms with van der Waals surface area (Å²) < 4.78 is 5.39. The summed E-state index contributed by atoms with van der Waals surface area (Å²) in [6.07, 6.45) is 0.875. The molecule has 1 aromatic rings. The first-order valence-electron chi connectivity index (χ1n) is 8.06. The van der Waals surface area contributed by atoms with Gasteiger partial charge in [-0.2, -0.15) is 5.06 Å². The minimum atomic E-state index is -0.448. The van der Waals surface area contributed by atoms with Crippen molar-refractivity contribution in [2.24, 2.45) is 0 Å². The Morgan fingerprint density at radius 2 is 1.74 bits per heavy atom. The van der Waals surface area contributed by atoms with Crippen LogP contribution < -0.4 is 10.1 Å². The fourth-order valence-electron chi connectivity index (χ4n) is 3.45. The van der Waals surface area contributed by atoms with E-state index in [0.717, 1.165) is 11.1 Å². The minimum absolute atomic E-state index is 0.0394. The molecular weight excluding hydrogens is 292 g/mol. The maximum Gasteiger partial charge on any atom is 0.412 e. The van der Waals surface area contributed by atoms with Gasteiger partial charge >= 0.3 is 6.09 Å². The van der Waals surface area contributed by atoms with Crippen molar-refractivity contribution in [3.63, 3.8) is 0 Å². The van der Waals surface area contributed by atoms with E-state index in [1.807, 2.05) is 53.7 Å². The zero-order chi connectivity index (χ0) is 17.4. The molecule has 0 aromatic heterocycles. The number of nitrogens with one attached hydrogen (secondary N) is 1. The van der Waals surface area contributed by atoms with Gasteiger partial charge in [0.05, 0.1) is 0 Å². The minimum Gasteiger partial charge on any atom is -0.410 e. The van der Waals surface area contributed by atoms with Crippen LogP contribution in [-0.2, 0) is 0 Å². The van der Waals surface area contributed by atoms with Crippen LogP contribution in [0.15, 0.2) is 18.2 Å². The van der Waals surface area contributed by atoms with Crippen molar-refractivity contribution in [1.82, 2.24) is 10.4 Å². The Labute approximate surface area is 138 Å². The number of aryl methyl sites for hydroxylation is 2. The van der Waals surface area contributed by atoms with Crippen molar-refractivity contribution in [2.45, 2.75) is 71.5 Å². The van der Waals surface area contributed by atoms with Gasteiger partial charge in [0.2, 0.25) is 0 Å². The number of rotatable bonds is 2. The first-order valence-corrected chi connectivity index (χ1v) is 8.06. The fourth-order valence-corrected chi connectivity index (χ4v) is 3.45. The SMILES string of the molecule is Cc1ccc(OC(=O)NC2CC(C)(C)N(O)C(C)(C)C2)cc1C. The van der Waals surface area contributed by atoms with Gasteiger partial charge in [0.25, 0.3) is 0 Å². The number of amides is 1. The highest BCUT2D eigenvalue weighted by Gasteiger charge is 2.45. The second-order valence-corrected chi connectivity index (χ2v) is 7.82. The molecule has 1 saturated heterocycles. The maximum atomic E-state index is 12.2. The largest absolute Gasteiger partial charge is 0.412 e. The molecule has 1 aromatic carbocycles. The Bertz CT molecular complexity index is 578. The van der Waals surface area contributed by atoms with Crippen LogP contribution in [0.2, 0.25) is 0 Å². The Hall–Kier alpha value is -1.59. The molecule has 23 heavy (non-hydrogen) atoms. The van der Waals surface area contributed by atoms with Crippen LogP contribution in [0, 0.1) is 13.8 Å². The quantitative estimate of drug-likeness (QED) is 0.870. The summed E-state index contributed by atoms with van der Waals surface area (Å²) in [5, 5.41) is 14.6. The number of hydrogen-bond acceptors (Lipinski definition) is 4. The standard InChI is InChI=1S/C18H28N2O3/c1-12-7-8-15(9-13(12)2)23-16(21)19-14-10-17(3,4)20(22)18(5,6)11-14/h7-9,14,22H,10-11H2,1-6H3,(H,19,21). The first kappa shape index (κ1) is 17.8. The molecule has 5 heteroatoms. The van der Waals surface area contributed by atoms with Crippen molar-refractivity contribution in [3.05, 3.63) is 29.3 Å². The van der Waals surface area contributed by atoms with Crippen LogP contribution in [0.1, 0.15) is 51.7 Å². The predicted molar refractivity (Wildman–Crippen MR) is 89.9 cm³/mol. The monoisotopic (exact) mass is 320 g/mol. The molecule has 1 aliphatic heterocycles. The number of piperidine rings is 1. The van der Waals surface area contributed by atoms with Gasteiger partial charge in [-0.3, -0.25) is 0 Å². The highest BCUT2D eigenvalue weighted by Crippen LogP contribution is 2.36. The number of benzene rings is 1. The highest BCUT2D eigenvalue weighted by atomic mass is 16.6. The fraction of sp³-hybridized carbons (Fsp3) is 0.611. The molecular formula is C18H28N2O3. The molecule has 1 aliphatic rings. The lowest BCUT2D eigenvalue weighted by molar-refractivity contribution is -0.245. The van der Waals surface area contributed by atoms with E-state index in [1.54, 1.807) is 6.07 Å². The van der Waals surface area contributed by atoms with Crippen molar-refractivity contribution >= 4 is 6.09 Å². The summed E-state index contributed by atoms with van der Waals surface area (Å²) in [4.78, 5) is 12.2. The molecule has 1 heterocycles. The Morgan fingerprint density at radius 3 is 2.26 bits per heavy atom. The Morgan fingerprint density at radius 1 is 1.17 bits per heavy atom. The normalized spacial score (nSPS) is 21.0. The lowest BCUT2D eigenvalue weighted by Gasteiger charge is -2.51. The van der Waals surface area contributed by atoms with Gasteiger partial charge < -0.3 is 15.3 Å². The third-order valence-corrected chi connectivity index (χ3v) is 4.65. The molecule has 0 unspecified atom stereocenters. The van der Waals surface area contributed by atoms with Gasteiger partial charge in [-0.1, -0.05) is 6.07 Å². The van der Waals surface area contributed by atoms with Crippen molar-refractivity contribution in [2.75, 3.05) is 0 Å². The molecule has 128 valence electrons. The molecule has 0 spiro atoms. The van der Waals surface area contributed by atoms with Crippen LogP contribution in [0.3, 0.4) is 0 Å². The molecule has 1 amide bonds. The number of carbonyl (C=O) groups excluding carboxylic acids is 1. The van der Waals surface area contributed by atoms with Crippen molar-refractivity contribution in [1.29, 1.82) is 0 Å². The topological polar surface area (TPSA) is 61.8 Å². The van der Waals surface area contributed by atoms with E-state index < -0.39 is 17.2 Å². The molecule has 0 radical (unpaired) electrons. The number of carbonyl (C=O) groups is 1. The maximum absolute atomic E-state index is 12.2. The van der Waals surface area contributed by atoms with Crippen LogP contribution in [-0.4, -0.2) is 33.5 Å². The van der Waals surface area contributed by atoms with Crippen LogP contribution in [0.25, 0.3) is 0 Å². The van der Waals surface area contributed by atoms with Crippen LogP contribution in [0.4, 0.5) is 4.79 Å². The van der Waals surface area contributed by atoms with E-state index in [9.17, 15) is 10.0 Å². The molecule has 0 saturated carbocycles. The van der Waals surface area contributed by atoms with E-state index in [2.05, 4.69) is 5.32 Å². The van der Waals surface area contributed by atoms with Gasteiger partial charge in [0.15, 0.2) is 0 Å². The third-order valence-electron chi connectivity index (χ3n) is 4.65. The number of hydrogen-bond donors (Lipinski definition) is 2. The summed E-state index contributed by atoms with van der Waals surface area (Å²) in [7, 11) is 0. The highest BCUT2D eigenvalue weighted by molar-refractivity contribution is 5.70. The van der Waals surface area contributed by atoms with E-state index in [1.165, 1.54) is 5.06 Å². The zero-order valence-corrected chi connectivity index (χ0v) is 14.9. The Balaban J connectivity index is 2.01. The summed E-state index contributed by atoms with van der Waals surface area (Å²) in [5.74, 6) is 0.545. The summed E-state index contributed by atoms with van der Waals surface area (Å²) >= 11 is 0. The zero-order valence-electron chi connectivity index (χ0n) is 14.9. The number of ether oxygens (including phenoxy) is 1. The van der Waals surface area contributed by atoms with Gasteiger partial charge in [-0.15, -0.1) is 0 Å². The average molecular weight is 320 g/mol.